The van der Waals surface area contributed by atoms with E-state index in [0.717, 1.165) is 35.8 Å². The summed E-state index contributed by atoms with van der Waals surface area (Å²) in [5.41, 5.74) is 3.08. The first-order valence-corrected chi connectivity index (χ1v) is 8.06. The molecule has 2 aromatic heterocycles. The van der Waals surface area contributed by atoms with E-state index in [1.54, 1.807) is 6.20 Å². The van der Waals surface area contributed by atoms with Gasteiger partial charge in [-0.3, -0.25) is 0 Å². The van der Waals surface area contributed by atoms with Crippen molar-refractivity contribution in [1.82, 2.24) is 14.8 Å². The van der Waals surface area contributed by atoms with Crippen LogP contribution in [-0.2, 0) is 13.0 Å². The lowest BCUT2D eigenvalue weighted by Gasteiger charge is -2.09. The van der Waals surface area contributed by atoms with Crippen LogP contribution in [0.2, 0.25) is 0 Å². The largest absolute Gasteiger partial charge is 0.487 e. The van der Waals surface area contributed by atoms with Crippen LogP contribution < -0.4 is 4.74 Å². The van der Waals surface area contributed by atoms with Crippen molar-refractivity contribution >= 4 is 0 Å². The smallest absolute Gasteiger partial charge is 0.153 e. The van der Waals surface area contributed by atoms with Crippen molar-refractivity contribution in [2.45, 2.75) is 26.4 Å². The maximum atomic E-state index is 8.88. The van der Waals surface area contributed by atoms with Gasteiger partial charge in [-0.15, -0.1) is 0 Å². The van der Waals surface area contributed by atoms with Crippen molar-refractivity contribution in [3.05, 3.63) is 71.7 Å². The SMILES string of the molecule is Cc1cc(COc2ccc(CCCO)cc2)n(-c2ccccn2)n1. The minimum Gasteiger partial charge on any atom is -0.487 e. The zero-order chi connectivity index (χ0) is 16.8. The fourth-order valence-corrected chi connectivity index (χ4v) is 2.53. The minimum atomic E-state index is 0.217. The molecule has 0 atom stereocenters. The minimum absolute atomic E-state index is 0.217. The van der Waals surface area contributed by atoms with Crippen molar-refractivity contribution in [2.24, 2.45) is 0 Å². The van der Waals surface area contributed by atoms with Crippen LogP contribution in [0.25, 0.3) is 5.82 Å². The van der Waals surface area contributed by atoms with E-state index in [1.165, 1.54) is 5.56 Å². The molecule has 0 amide bonds. The van der Waals surface area contributed by atoms with Crippen molar-refractivity contribution in [3.8, 4) is 11.6 Å². The first-order valence-electron chi connectivity index (χ1n) is 8.06. The third kappa shape index (κ3) is 4.00. The fraction of sp³-hybridized carbons (Fsp3) is 0.263. The quantitative estimate of drug-likeness (QED) is 0.726. The van der Waals surface area contributed by atoms with Crippen LogP contribution in [0.3, 0.4) is 0 Å². The lowest BCUT2D eigenvalue weighted by atomic mass is 10.1. The van der Waals surface area contributed by atoms with Gasteiger partial charge in [-0.05, 0) is 55.7 Å². The number of ether oxygens (including phenoxy) is 1. The molecule has 3 rings (SSSR count). The van der Waals surface area contributed by atoms with Gasteiger partial charge in [0, 0.05) is 12.8 Å². The fourth-order valence-electron chi connectivity index (χ4n) is 2.53. The highest BCUT2D eigenvalue weighted by atomic mass is 16.5. The highest BCUT2D eigenvalue weighted by Crippen LogP contribution is 2.17. The summed E-state index contributed by atoms with van der Waals surface area (Å²) in [4.78, 5) is 4.34. The summed E-state index contributed by atoms with van der Waals surface area (Å²) in [5.74, 6) is 1.60. The van der Waals surface area contributed by atoms with Crippen LogP contribution >= 0.6 is 0 Å². The number of aromatic nitrogens is 3. The zero-order valence-electron chi connectivity index (χ0n) is 13.7. The summed E-state index contributed by atoms with van der Waals surface area (Å²) in [6, 6.07) is 15.7. The molecule has 0 saturated heterocycles. The Hall–Kier alpha value is -2.66. The predicted molar refractivity (Wildman–Crippen MR) is 92.3 cm³/mol. The Morgan fingerprint density at radius 2 is 1.96 bits per heavy atom. The summed E-state index contributed by atoms with van der Waals surface area (Å²) < 4.78 is 7.70. The maximum absolute atomic E-state index is 8.88. The zero-order valence-corrected chi connectivity index (χ0v) is 13.7. The monoisotopic (exact) mass is 323 g/mol. The second-order valence-corrected chi connectivity index (χ2v) is 5.64. The summed E-state index contributed by atoms with van der Waals surface area (Å²) in [6.07, 6.45) is 3.41. The molecular weight excluding hydrogens is 302 g/mol. The first-order chi connectivity index (χ1) is 11.8. The molecular formula is C19H21N3O2. The molecule has 0 bridgehead atoms. The highest BCUT2D eigenvalue weighted by Gasteiger charge is 2.09. The van der Waals surface area contributed by atoms with Crippen molar-refractivity contribution < 1.29 is 9.84 Å². The Morgan fingerprint density at radius 3 is 2.67 bits per heavy atom. The molecule has 0 saturated carbocycles. The molecule has 0 aliphatic carbocycles. The molecule has 24 heavy (non-hydrogen) atoms. The Morgan fingerprint density at radius 1 is 1.12 bits per heavy atom. The van der Waals surface area contributed by atoms with Gasteiger partial charge in [0.05, 0.1) is 11.4 Å². The van der Waals surface area contributed by atoms with E-state index in [0.29, 0.717) is 6.61 Å². The van der Waals surface area contributed by atoms with Crippen LogP contribution in [0.5, 0.6) is 5.75 Å². The third-order valence-corrected chi connectivity index (χ3v) is 3.71. The Kier molecular flexibility index (Phi) is 5.23. The number of aliphatic hydroxyl groups excluding tert-OH is 1. The molecule has 2 heterocycles. The Bertz CT molecular complexity index is 767. The van der Waals surface area contributed by atoms with Crippen molar-refractivity contribution in [1.29, 1.82) is 0 Å². The molecule has 3 aromatic rings. The number of rotatable bonds is 7. The molecule has 5 heteroatoms. The number of nitrogens with zero attached hydrogens (tertiary/aromatic N) is 3. The maximum Gasteiger partial charge on any atom is 0.153 e. The first kappa shape index (κ1) is 16.2. The van der Waals surface area contributed by atoms with E-state index in [-0.39, 0.29) is 6.61 Å². The number of hydrogen-bond acceptors (Lipinski definition) is 4. The second-order valence-electron chi connectivity index (χ2n) is 5.64. The standard InChI is InChI=1S/C19H21N3O2/c1-15-13-17(22(21-15)19-6-2-3-11-20-19)14-24-18-9-7-16(8-10-18)5-4-12-23/h2-3,6-11,13,23H,4-5,12,14H2,1H3. The molecule has 0 radical (unpaired) electrons. The van der Waals surface area contributed by atoms with Crippen molar-refractivity contribution in [2.75, 3.05) is 6.61 Å². The van der Waals surface area contributed by atoms with Crippen molar-refractivity contribution in [3.63, 3.8) is 0 Å². The lowest BCUT2D eigenvalue weighted by Crippen LogP contribution is -2.07. The van der Waals surface area contributed by atoms with Gasteiger partial charge in [0.15, 0.2) is 5.82 Å². The molecule has 0 aliphatic rings. The van der Waals surface area contributed by atoms with E-state index < -0.39 is 0 Å². The molecule has 0 unspecified atom stereocenters. The topological polar surface area (TPSA) is 60.2 Å². The van der Waals surface area contributed by atoms with Crippen LogP contribution in [0.4, 0.5) is 0 Å². The number of aliphatic hydroxyl groups is 1. The van der Waals surface area contributed by atoms with E-state index in [9.17, 15) is 0 Å². The van der Waals surface area contributed by atoms with E-state index in [2.05, 4.69) is 10.1 Å². The number of hydrogen-bond donors (Lipinski definition) is 1. The summed E-state index contributed by atoms with van der Waals surface area (Å²) >= 11 is 0. The lowest BCUT2D eigenvalue weighted by molar-refractivity contribution is 0.288. The van der Waals surface area contributed by atoms with E-state index >= 15 is 0 Å². The Balaban J connectivity index is 1.69. The Labute approximate surface area is 141 Å². The van der Waals surface area contributed by atoms with E-state index in [4.69, 9.17) is 9.84 Å². The average molecular weight is 323 g/mol. The molecule has 5 nitrogen and oxygen atoms in total. The van der Waals surface area contributed by atoms with Gasteiger partial charge in [-0.25, -0.2) is 9.67 Å². The van der Waals surface area contributed by atoms with Gasteiger partial charge in [-0.2, -0.15) is 5.10 Å². The number of benzene rings is 1. The molecule has 1 N–H and O–H groups in total. The molecule has 124 valence electrons. The van der Waals surface area contributed by atoms with E-state index in [1.807, 2.05) is 60.1 Å². The summed E-state index contributed by atoms with van der Waals surface area (Å²) in [7, 11) is 0. The summed E-state index contributed by atoms with van der Waals surface area (Å²) in [6.45, 7) is 2.60. The molecule has 0 spiro atoms. The van der Waals surface area contributed by atoms with Gasteiger partial charge in [0.25, 0.3) is 0 Å². The van der Waals surface area contributed by atoms with Gasteiger partial charge in [0.2, 0.25) is 0 Å². The normalized spacial score (nSPS) is 10.8. The predicted octanol–water partition coefficient (Wildman–Crippen LogP) is 3.08. The molecule has 0 fully saturated rings. The molecule has 1 aromatic carbocycles. The number of pyridine rings is 1. The third-order valence-electron chi connectivity index (χ3n) is 3.71. The van der Waals surface area contributed by atoms with Gasteiger partial charge < -0.3 is 9.84 Å². The highest BCUT2D eigenvalue weighted by molar-refractivity contribution is 5.29. The van der Waals surface area contributed by atoms with Crippen LogP contribution in [0.1, 0.15) is 23.4 Å². The van der Waals surface area contributed by atoms with Crippen LogP contribution in [0, 0.1) is 6.92 Å². The van der Waals surface area contributed by atoms with Gasteiger partial charge in [0.1, 0.15) is 12.4 Å². The average Bonchev–Trinajstić information content (AvgIpc) is 3.00. The van der Waals surface area contributed by atoms with Crippen LogP contribution in [0.15, 0.2) is 54.7 Å². The summed E-state index contributed by atoms with van der Waals surface area (Å²) in [5, 5.41) is 13.4. The molecule has 0 aliphatic heterocycles. The van der Waals surface area contributed by atoms with Crippen LogP contribution in [-0.4, -0.2) is 26.5 Å². The van der Waals surface area contributed by atoms with Gasteiger partial charge >= 0.3 is 0 Å². The number of aryl methyl sites for hydroxylation is 2. The van der Waals surface area contributed by atoms with Gasteiger partial charge in [-0.1, -0.05) is 18.2 Å². The second kappa shape index (κ2) is 7.75.